The summed E-state index contributed by atoms with van der Waals surface area (Å²) in [5, 5.41) is 3.10. The molecule has 0 bridgehead atoms. The number of ether oxygens (including phenoxy) is 1. The summed E-state index contributed by atoms with van der Waals surface area (Å²) in [6.45, 7) is 1.30. The molecule has 0 aromatic heterocycles. The lowest BCUT2D eigenvalue weighted by Crippen LogP contribution is -2.37. The summed E-state index contributed by atoms with van der Waals surface area (Å²) < 4.78 is 30.8. The molecule has 1 saturated heterocycles. The van der Waals surface area contributed by atoms with Gasteiger partial charge in [0.25, 0.3) is 0 Å². The third kappa shape index (κ3) is 3.00. The lowest BCUT2D eigenvalue weighted by atomic mass is 10.1. The summed E-state index contributed by atoms with van der Waals surface area (Å²) in [4.78, 5) is 0. The number of hydrogen-bond acceptors (Lipinski definition) is 2. The predicted molar refractivity (Wildman–Crippen MR) is 57.6 cm³/mol. The topological polar surface area (TPSA) is 21.3 Å². The zero-order chi connectivity index (χ0) is 11.4. The maximum absolute atomic E-state index is 13.1. The fourth-order valence-corrected chi connectivity index (χ4v) is 1.77. The van der Waals surface area contributed by atoms with Crippen molar-refractivity contribution in [2.75, 3.05) is 19.8 Å². The third-order valence-corrected chi connectivity index (χ3v) is 2.74. The average Bonchev–Trinajstić information content (AvgIpc) is 2.68. The van der Waals surface area contributed by atoms with Crippen molar-refractivity contribution in [3.8, 4) is 0 Å². The molecule has 88 valence electrons. The van der Waals surface area contributed by atoms with Crippen LogP contribution in [0.25, 0.3) is 0 Å². The Bertz CT molecular complexity index is 328. The van der Waals surface area contributed by atoms with Crippen LogP contribution < -0.4 is 5.32 Å². The van der Waals surface area contributed by atoms with Gasteiger partial charge < -0.3 is 10.1 Å². The first-order valence-corrected chi connectivity index (χ1v) is 5.45. The van der Waals surface area contributed by atoms with E-state index in [0.717, 1.165) is 12.0 Å². The summed E-state index contributed by atoms with van der Waals surface area (Å²) in [6, 6.07) is 6.17. The minimum absolute atomic E-state index is 0.189. The van der Waals surface area contributed by atoms with Crippen LogP contribution in [0.15, 0.2) is 24.3 Å². The molecular weight excluding hydrogens is 212 g/mol. The first-order chi connectivity index (χ1) is 7.75. The number of rotatable bonds is 4. The molecule has 0 amide bonds. The molecule has 0 aliphatic carbocycles. The van der Waals surface area contributed by atoms with E-state index >= 15 is 0 Å². The summed E-state index contributed by atoms with van der Waals surface area (Å²) >= 11 is 0. The van der Waals surface area contributed by atoms with Gasteiger partial charge in [0.1, 0.15) is 12.0 Å². The highest BCUT2D eigenvalue weighted by atomic mass is 19.1. The van der Waals surface area contributed by atoms with E-state index in [0.29, 0.717) is 13.2 Å². The van der Waals surface area contributed by atoms with Gasteiger partial charge in [0.05, 0.1) is 19.3 Å². The molecule has 2 atom stereocenters. The van der Waals surface area contributed by atoms with Crippen LogP contribution >= 0.6 is 0 Å². The normalized spacial score (nSPS) is 24.9. The van der Waals surface area contributed by atoms with E-state index in [1.807, 2.05) is 0 Å². The number of alkyl halides is 1. The van der Waals surface area contributed by atoms with Crippen LogP contribution in [0.3, 0.4) is 0 Å². The van der Waals surface area contributed by atoms with Crippen LogP contribution in [0.1, 0.15) is 5.56 Å². The van der Waals surface area contributed by atoms with Crippen molar-refractivity contribution >= 4 is 0 Å². The van der Waals surface area contributed by atoms with E-state index < -0.39 is 6.17 Å². The molecular formula is C12H15F2NO. The quantitative estimate of drug-likeness (QED) is 0.845. The Kier molecular flexibility index (Phi) is 3.85. The van der Waals surface area contributed by atoms with Gasteiger partial charge in [0.2, 0.25) is 0 Å². The van der Waals surface area contributed by atoms with Gasteiger partial charge in [-0.25, -0.2) is 8.78 Å². The molecule has 2 rings (SSSR count). The van der Waals surface area contributed by atoms with E-state index in [1.54, 1.807) is 12.1 Å². The van der Waals surface area contributed by atoms with Crippen LogP contribution in [0.5, 0.6) is 0 Å². The lowest BCUT2D eigenvalue weighted by molar-refractivity contribution is 0.172. The van der Waals surface area contributed by atoms with Gasteiger partial charge in [-0.3, -0.25) is 0 Å². The molecule has 1 aromatic carbocycles. The minimum atomic E-state index is -0.909. The van der Waals surface area contributed by atoms with Crippen molar-refractivity contribution in [3.63, 3.8) is 0 Å². The molecule has 16 heavy (non-hydrogen) atoms. The van der Waals surface area contributed by atoms with Gasteiger partial charge in [-0.05, 0) is 30.7 Å². The Hall–Kier alpha value is -1.00. The first-order valence-electron chi connectivity index (χ1n) is 5.45. The number of benzene rings is 1. The molecule has 0 unspecified atom stereocenters. The Morgan fingerprint density at radius 1 is 1.25 bits per heavy atom. The van der Waals surface area contributed by atoms with Crippen LogP contribution in [0.2, 0.25) is 0 Å². The summed E-state index contributed by atoms with van der Waals surface area (Å²) in [5.41, 5.74) is 1.04. The van der Waals surface area contributed by atoms with E-state index in [1.165, 1.54) is 12.1 Å². The molecule has 1 aliphatic heterocycles. The Labute approximate surface area is 93.6 Å². The molecule has 1 fully saturated rings. The Morgan fingerprint density at radius 2 is 2.00 bits per heavy atom. The largest absolute Gasteiger partial charge is 0.377 e. The van der Waals surface area contributed by atoms with E-state index in [2.05, 4.69) is 5.32 Å². The molecule has 0 saturated carbocycles. The highest BCUT2D eigenvalue weighted by Crippen LogP contribution is 2.09. The second-order valence-corrected chi connectivity index (χ2v) is 3.99. The van der Waals surface area contributed by atoms with Gasteiger partial charge in [-0.2, -0.15) is 0 Å². The Balaban J connectivity index is 1.73. The number of halogens is 2. The van der Waals surface area contributed by atoms with Gasteiger partial charge in [-0.1, -0.05) is 12.1 Å². The molecule has 2 nitrogen and oxygen atoms in total. The van der Waals surface area contributed by atoms with Crippen molar-refractivity contribution in [3.05, 3.63) is 35.6 Å². The Morgan fingerprint density at radius 3 is 2.62 bits per heavy atom. The summed E-state index contributed by atoms with van der Waals surface area (Å²) in [6.07, 6.45) is -0.142. The third-order valence-electron chi connectivity index (χ3n) is 2.74. The molecule has 4 heteroatoms. The predicted octanol–water partition coefficient (Wildman–Crippen LogP) is 1.69. The zero-order valence-electron chi connectivity index (χ0n) is 8.96. The van der Waals surface area contributed by atoms with Crippen LogP contribution in [0, 0.1) is 5.82 Å². The summed E-state index contributed by atoms with van der Waals surface area (Å²) in [7, 11) is 0. The van der Waals surface area contributed by atoms with Crippen molar-refractivity contribution in [2.45, 2.75) is 18.6 Å². The highest BCUT2D eigenvalue weighted by Gasteiger charge is 2.26. The smallest absolute Gasteiger partial charge is 0.141 e. The molecule has 0 spiro atoms. The van der Waals surface area contributed by atoms with Crippen molar-refractivity contribution in [1.82, 2.24) is 5.32 Å². The van der Waals surface area contributed by atoms with Gasteiger partial charge >= 0.3 is 0 Å². The average molecular weight is 227 g/mol. The fourth-order valence-electron chi connectivity index (χ4n) is 1.77. The van der Waals surface area contributed by atoms with Gasteiger partial charge in [0, 0.05) is 0 Å². The summed E-state index contributed by atoms with van der Waals surface area (Å²) in [5.74, 6) is -0.232. The van der Waals surface area contributed by atoms with Crippen LogP contribution in [0.4, 0.5) is 8.78 Å². The monoisotopic (exact) mass is 227 g/mol. The molecule has 0 radical (unpaired) electrons. The maximum Gasteiger partial charge on any atom is 0.141 e. The van der Waals surface area contributed by atoms with Gasteiger partial charge in [-0.15, -0.1) is 0 Å². The van der Waals surface area contributed by atoms with Crippen molar-refractivity contribution < 1.29 is 13.5 Å². The fraction of sp³-hybridized carbons (Fsp3) is 0.500. The second kappa shape index (κ2) is 5.37. The molecule has 1 aliphatic rings. The SMILES string of the molecule is Fc1ccc(CCN[C@@H]2COC[C@H]2F)cc1. The van der Waals surface area contributed by atoms with Crippen LogP contribution in [-0.4, -0.2) is 32.0 Å². The zero-order valence-corrected chi connectivity index (χ0v) is 8.96. The highest BCUT2D eigenvalue weighted by molar-refractivity contribution is 5.16. The van der Waals surface area contributed by atoms with Crippen molar-refractivity contribution in [2.24, 2.45) is 0 Å². The van der Waals surface area contributed by atoms with E-state index in [4.69, 9.17) is 4.74 Å². The molecule has 1 aromatic rings. The molecule has 1 heterocycles. The number of hydrogen-bond donors (Lipinski definition) is 1. The minimum Gasteiger partial charge on any atom is -0.377 e. The maximum atomic E-state index is 13.1. The first kappa shape index (κ1) is 11.5. The van der Waals surface area contributed by atoms with E-state index in [9.17, 15) is 8.78 Å². The second-order valence-electron chi connectivity index (χ2n) is 3.99. The lowest BCUT2D eigenvalue weighted by Gasteiger charge is -2.12. The van der Waals surface area contributed by atoms with Gasteiger partial charge in [0.15, 0.2) is 0 Å². The number of nitrogens with one attached hydrogen (secondary N) is 1. The molecule has 1 N–H and O–H groups in total. The van der Waals surface area contributed by atoms with Crippen LogP contribution in [-0.2, 0) is 11.2 Å². The standard InChI is InChI=1S/C12H15F2NO/c13-10-3-1-9(2-4-10)5-6-15-12-8-16-7-11(12)14/h1-4,11-12,15H,5-8H2/t11-,12-/m1/s1. The van der Waals surface area contributed by atoms with E-state index in [-0.39, 0.29) is 18.5 Å². The van der Waals surface area contributed by atoms with Crippen molar-refractivity contribution in [1.29, 1.82) is 0 Å².